The smallest absolute Gasteiger partial charge is 0.239 e. The molecule has 1 aliphatic carbocycles. The highest BCUT2D eigenvalue weighted by molar-refractivity contribution is 6.31. The lowest BCUT2D eigenvalue weighted by molar-refractivity contribution is -0.127. The van der Waals surface area contributed by atoms with Gasteiger partial charge in [0.25, 0.3) is 0 Å². The van der Waals surface area contributed by atoms with Crippen LogP contribution in [0.3, 0.4) is 0 Å². The number of aldehydes is 1. The van der Waals surface area contributed by atoms with E-state index >= 15 is 0 Å². The van der Waals surface area contributed by atoms with Crippen LogP contribution in [0.25, 0.3) is 10.8 Å². The molecule has 2 aromatic carbocycles. The van der Waals surface area contributed by atoms with E-state index in [0.717, 1.165) is 22.3 Å². The molecule has 3 amide bonds. The minimum absolute atomic E-state index is 0.109. The summed E-state index contributed by atoms with van der Waals surface area (Å²) in [7, 11) is 3.25. The van der Waals surface area contributed by atoms with E-state index in [4.69, 9.17) is 11.6 Å². The quantitative estimate of drug-likeness (QED) is 0.340. The number of rotatable bonds is 9. The monoisotopic (exact) mass is 531 g/mol. The lowest BCUT2D eigenvalue weighted by atomic mass is 9.99. The van der Waals surface area contributed by atoms with Gasteiger partial charge < -0.3 is 25.5 Å². The third kappa shape index (κ3) is 10.9. The maximum atomic E-state index is 12.3. The normalized spacial score (nSPS) is 17.7. The van der Waals surface area contributed by atoms with Crippen LogP contribution in [0.1, 0.15) is 38.2 Å². The summed E-state index contributed by atoms with van der Waals surface area (Å²) in [6, 6.07) is 12.9. The van der Waals surface area contributed by atoms with Crippen molar-refractivity contribution in [1.29, 1.82) is 0 Å². The number of ether oxygens (including phenoxy) is 1. The molecular formula is C28H38ClN3O5. The molecule has 4 rings (SSSR count). The van der Waals surface area contributed by atoms with Crippen molar-refractivity contribution < 1.29 is 23.9 Å². The van der Waals surface area contributed by atoms with Crippen LogP contribution in [0.15, 0.2) is 42.5 Å². The van der Waals surface area contributed by atoms with E-state index in [1.54, 1.807) is 14.2 Å². The molecule has 202 valence electrons. The Morgan fingerprint density at radius 2 is 1.78 bits per heavy atom. The molecule has 1 heterocycles. The number of carbonyl (C=O) groups is 4. The lowest BCUT2D eigenvalue weighted by Gasteiger charge is -2.16. The molecule has 2 aliphatic rings. The number of hydrogen-bond donors (Lipinski definition) is 3. The van der Waals surface area contributed by atoms with Gasteiger partial charge in [0.1, 0.15) is 11.7 Å². The van der Waals surface area contributed by atoms with Crippen molar-refractivity contribution in [3.63, 3.8) is 0 Å². The van der Waals surface area contributed by atoms with Crippen molar-refractivity contribution in [2.45, 2.75) is 50.4 Å². The topological polar surface area (TPSA) is 114 Å². The summed E-state index contributed by atoms with van der Waals surface area (Å²) in [4.78, 5) is 47.3. The fraction of sp³-hybridized carbons (Fsp3) is 0.500. The number of fused-ring (bicyclic) bond motifs is 1. The van der Waals surface area contributed by atoms with Gasteiger partial charge in [-0.1, -0.05) is 62.2 Å². The molecule has 0 aromatic heterocycles. The molecule has 8 nitrogen and oxygen atoms in total. The summed E-state index contributed by atoms with van der Waals surface area (Å²) in [6.45, 7) is 2.56. The van der Waals surface area contributed by atoms with Crippen LogP contribution >= 0.6 is 11.6 Å². The molecule has 2 aromatic rings. The Labute approximate surface area is 223 Å². The number of halogens is 1. The molecule has 1 saturated carbocycles. The zero-order valence-electron chi connectivity index (χ0n) is 21.8. The summed E-state index contributed by atoms with van der Waals surface area (Å²) in [6.07, 6.45) is 4.78. The zero-order chi connectivity index (χ0) is 27.2. The highest BCUT2D eigenvalue weighted by Crippen LogP contribution is 2.26. The molecular weight excluding hydrogens is 494 g/mol. The van der Waals surface area contributed by atoms with Gasteiger partial charge in [0, 0.05) is 26.7 Å². The number of benzene rings is 2. The van der Waals surface area contributed by atoms with E-state index in [1.165, 1.54) is 12.8 Å². The van der Waals surface area contributed by atoms with E-state index in [9.17, 15) is 19.2 Å². The van der Waals surface area contributed by atoms with Gasteiger partial charge >= 0.3 is 0 Å². The van der Waals surface area contributed by atoms with Crippen molar-refractivity contribution in [2.24, 2.45) is 11.8 Å². The maximum absolute atomic E-state index is 12.3. The summed E-state index contributed by atoms with van der Waals surface area (Å²) in [5.74, 6) is -0.281. The molecule has 2 fully saturated rings. The van der Waals surface area contributed by atoms with Crippen LogP contribution in [0, 0.1) is 11.8 Å². The second-order valence-corrected chi connectivity index (χ2v) is 9.97. The highest BCUT2D eigenvalue weighted by Gasteiger charge is 2.28. The fourth-order valence-electron chi connectivity index (χ4n) is 3.78. The summed E-state index contributed by atoms with van der Waals surface area (Å²) in [5, 5.41) is 8.99. The van der Waals surface area contributed by atoms with Crippen molar-refractivity contribution in [3.8, 4) is 0 Å². The van der Waals surface area contributed by atoms with Crippen LogP contribution < -0.4 is 16.0 Å². The largest absolute Gasteiger partial charge is 0.388 e. The number of alkyl halides is 1. The van der Waals surface area contributed by atoms with Crippen LogP contribution in [-0.2, 0) is 30.3 Å². The van der Waals surface area contributed by atoms with Gasteiger partial charge in [0.15, 0.2) is 0 Å². The third-order valence-corrected chi connectivity index (χ3v) is 6.42. The average Bonchev–Trinajstić information content (AvgIpc) is 3.58. The molecule has 1 saturated heterocycles. The Morgan fingerprint density at radius 3 is 2.38 bits per heavy atom. The van der Waals surface area contributed by atoms with Gasteiger partial charge in [-0.15, -0.1) is 11.6 Å². The summed E-state index contributed by atoms with van der Waals surface area (Å²) in [5.41, 5.74) is 0.948. The first kappa shape index (κ1) is 30.3. The second-order valence-electron chi connectivity index (χ2n) is 9.44. The zero-order valence-corrected chi connectivity index (χ0v) is 22.6. The molecule has 9 heteroatoms. The van der Waals surface area contributed by atoms with E-state index in [2.05, 4.69) is 27.6 Å². The lowest BCUT2D eigenvalue weighted by Crippen LogP contribution is -2.45. The number of hydrogen-bond acceptors (Lipinski definition) is 5. The standard InChI is InChI=1S/C22H24ClN3O4.C4H8.C2H6O/c23-19(11-15-6-3-5-14-4-1-2-7-18(14)15)22(30)25-12-20(28)26-17(13-27)10-16-8-9-24-21(16)29;1-4-2-3-4;1-3-2/h1-7,13,16-17,19H,8-12H2,(H,24,29)(H,25,30)(H,26,28);4H,2-3H2,1H3;1-2H3. The number of nitrogens with one attached hydrogen (secondary N) is 3. The van der Waals surface area contributed by atoms with Crippen molar-refractivity contribution in [3.05, 3.63) is 48.0 Å². The van der Waals surface area contributed by atoms with Gasteiger partial charge in [-0.25, -0.2) is 0 Å². The number of carbonyl (C=O) groups excluding carboxylic acids is 4. The Morgan fingerprint density at radius 1 is 1.14 bits per heavy atom. The predicted molar refractivity (Wildman–Crippen MR) is 145 cm³/mol. The molecule has 3 unspecified atom stereocenters. The van der Waals surface area contributed by atoms with E-state index in [0.29, 0.717) is 25.7 Å². The van der Waals surface area contributed by atoms with E-state index in [-0.39, 0.29) is 24.8 Å². The Hall–Kier alpha value is -2.97. The first-order chi connectivity index (χ1) is 17.8. The predicted octanol–water partition coefficient (Wildman–Crippen LogP) is 2.99. The van der Waals surface area contributed by atoms with Gasteiger partial charge in [-0.05, 0) is 41.5 Å². The fourth-order valence-corrected chi connectivity index (χ4v) is 4.03. The molecule has 0 radical (unpaired) electrons. The number of amides is 3. The molecule has 37 heavy (non-hydrogen) atoms. The minimum atomic E-state index is -0.840. The Kier molecular flexibility index (Phi) is 13.1. The third-order valence-electron chi connectivity index (χ3n) is 6.06. The maximum Gasteiger partial charge on any atom is 0.239 e. The van der Waals surface area contributed by atoms with Gasteiger partial charge in [0.05, 0.1) is 12.6 Å². The molecule has 0 spiro atoms. The van der Waals surface area contributed by atoms with Gasteiger partial charge in [0.2, 0.25) is 17.7 Å². The first-order valence-corrected chi connectivity index (χ1v) is 13.0. The van der Waals surface area contributed by atoms with Crippen LogP contribution in [0.5, 0.6) is 0 Å². The highest BCUT2D eigenvalue weighted by atomic mass is 35.5. The minimum Gasteiger partial charge on any atom is -0.388 e. The molecule has 0 bridgehead atoms. The number of methoxy groups -OCH3 is 1. The van der Waals surface area contributed by atoms with Gasteiger partial charge in [-0.2, -0.15) is 0 Å². The molecule has 1 aliphatic heterocycles. The molecule has 3 atom stereocenters. The van der Waals surface area contributed by atoms with E-state index < -0.39 is 23.2 Å². The van der Waals surface area contributed by atoms with Crippen molar-refractivity contribution >= 4 is 46.4 Å². The van der Waals surface area contributed by atoms with Crippen LogP contribution in [0.4, 0.5) is 0 Å². The average molecular weight is 532 g/mol. The Balaban J connectivity index is 0.000000602. The summed E-state index contributed by atoms with van der Waals surface area (Å²) < 4.78 is 4.25. The first-order valence-electron chi connectivity index (χ1n) is 12.6. The van der Waals surface area contributed by atoms with Crippen molar-refractivity contribution in [2.75, 3.05) is 27.3 Å². The second kappa shape index (κ2) is 16.0. The summed E-state index contributed by atoms with van der Waals surface area (Å²) >= 11 is 6.27. The van der Waals surface area contributed by atoms with Crippen LogP contribution in [0.2, 0.25) is 0 Å². The molecule has 3 N–H and O–H groups in total. The van der Waals surface area contributed by atoms with Crippen LogP contribution in [-0.4, -0.2) is 62.7 Å². The SMILES string of the molecule is CC1CC1.COC.O=CC(CC1CCNC1=O)NC(=O)CNC(=O)C(Cl)Cc1cccc2ccccc12. The van der Waals surface area contributed by atoms with Crippen molar-refractivity contribution in [1.82, 2.24) is 16.0 Å². The van der Waals surface area contributed by atoms with E-state index in [1.807, 2.05) is 42.5 Å². The Bertz CT molecular complexity index is 1040. The van der Waals surface area contributed by atoms with Gasteiger partial charge in [-0.3, -0.25) is 14.4 Å².